The lowest BCUT2D eigenvalue weighted by molar-refractivity contribution is 0.252. The predicted molar refractivity (Wildman–Crippen MR) is 142 cm³/mol. The average Bonchev–Trinajstić information content (AvgIpc) is 2.81. The van der Waals surface area contributed by atoms with Crippen molar-refractivity contribution in [2.45, 2.75) is 136 Å². The number of aryl methyl sites for hydroxylation is 2. The van der Waals surface area contributed by atoms with Crippen LogP contribution < -0.4 is 10.6 Å². The zero-order chi connectivity index (χ0) is 23.3. The topological polar surface area (TPSA) is 41.1 Å². The summed E-state index contributed by atoms with van der Waals surface area (Å²) in [6.45, 7) is 7.32. The zero-order valence-electron chi connectivity index (χ0n) is 21.6. The Morgan fingerprint density at radius 3 is 1.44 bits per heavy atom. The summed E-state index contributed by atoms with van der Waals surface area (Å²) >= 11 is 0. The molecule has 1 aromatic rings. The Kier molecular flexibility index (Phi) is 17.9. The van der Waals surface area contributed by atoms with Crippen LogP contribution in [0, 0.1) is 0 Å². The lowest BCUT2D eigenvalue weighted by Gasteiger charge is -2.15. The van der Waals surface area contributed by atoms with Crippen molar-refractivity contribution in [2.24, 2.45) is 0 Å². The molecule has 0 saturated heterocycles. The summed E-state index contributed by atoms with van der Waals surface area (Å²) in [5.74, 6) is 0. The minimum atomic E-state index is -0.0680. The second-order valence-corrected chi connectivity index (χ2v) is 9.34. The maximum Gasteiger partial charge on any atom is 0.319 e. The standard InChI is InChI=1S/C29H52N2O/c1-4-7-8-9-10-11-12-13-14-15-16-17-18-19-20-21-25-30-29(32)31-28-26(5-2)23-22-24-27(28)6-3/h22-24H,4-21,25H2,1-3H3,(H2,30,31,32). The molecule has 1 rings (SSSR count). The third kappa shape index (κ3) is 13.8. The summed E-state index contributed by atoms with van der Waals surface area (Å²) in [6, 6.07) is 6.22. The fourth-order valence-corrected chi connectivity index (χ4v) is 4.44. The second-order valence-electron chi connectivity index (χ2n) is 9.34. The SMILES string of the molecule is CCCCCCCCCCCCCCCCCCNC(=O)Nc1c(CC)cccc1CC. The van der Waals surface area contributed by atoms with Crippen LogP contribution in [-0.4, -0.2) is 12.6 Å². The Bertz CT molecular complexity index is 562. The van der Waals surface area contributed by atoms with Crippen LogP contribution in [0.5, 0.6) is 0 Å². The van der Waals surface area contributed by atoms with Crippen molar-refractivity contribution in [2.75, 3.05) is 11.9 Å². The van der Waals surface area contributed by atoms with E-state index < -0.39 is 0 Å². The van der Waals surface area contributed by atoms with Crippen LogP contribution in [0.3, 0.4) is 0 Å². The van der Waals surface area contributed by atoms with Crippen LogP contribution in [0.1, 0.15) is 135 Å². The van der Waals surface area contributed by atoms with E-state index in [-0.39, 0.29) is 6.03 Å². The van der Waals surface area contributed by atoms with E-state index in [2.05, 4.69) is 49.6 Å². The van der Waals surface area contributed by atoms with Crippen molar-refractivity contribution < 1.29 is 4.79 Å². The van der Waals surface area contributed by atoms with Gasteiger partial charge in [0.25, 0.3) is 0 Å². The third-order valence-electron chi connectivity index (χ3n) is 6.55. The van der Waals surface area contributed by atoms with Gasteiger partial charge in [-0.25, -0.2) is 4.79 Å². The molecule has 0 bridgehead atoms. The van der Waals surface area contributed by atoms with Crippen LogP contribution in [0.25, 0.3) is 0 Å². The first-order valence-electron chi connectivity index (χ1n) is 13.9. The van der Waals surface area contributed by atoms with E-state index in [1.807, 2.05) is 0 Å². The number of hydrogen-bond donors (Lipinski definition) is 2. The molecule has 184 valence electrons. The molecule has 1 aromatic carbocycles. The van der Waals surface area contributed by atoms with E-state index in [4.69, 9.17) is 0 Å². The van der Waals surface area contributed by atoms with Crippen LogP contribution >= 0.6 is 0 Å². The molecule has 0 heterocycles. The highest BCUT2D eigenvalue weighted by atomic mass is 16.2. The fourth-order valence-electron chi connectivity index (χ4n) is 4.44. The molecule has 0 unspecified atom stereocenters. The maximum absolute atomic E-state index is 12.3. The number of urea groups is 1. The first-order chi connectivity index (χ1) is 15.7. The predicted octanol–water partition coefficient (Wildman–Crippen LogP) is 9.19. The molecule has 3 heteroatoms. The number of unbranched alkanes of at least 4 members (excludes halogenated alkanes) is 15. The first kappa shape index (κ1) is 28.5. The number of rotatable bonds is 20. The molecule has 0 fully saturated rings. The van der Waals surface area contributed by atoms with Gasteiger partial charge in [-0.3, -0.25) is 0 Å². The smallest absolute Gasteiger partial charge is 0.319 e. The molecule has 0 atom stereocenters. The lowest BCUT2D eigenvalue weighted by atomic mass is 10.0. The number of carbonyl (C=O) groups is 1. The van der Waals surface area contributed by atoms with Gasteiger partial charge in [0, 0.05) is 12.2 Å². The Balaban J connectivity index is 1.93. The van der Waals surface area contributed by atoms with Gasteiger partial charge in [-0.15, -0.1) is 0 Å². The minimum Gasteiger partial charge on any atom is -0.338 e. The molecule has 2 N–H and O–H groups in total. The van der Waals surface area contributed by atoms with Gasteiger partial charge < -0.3 is 10.6 Å². The zero-order valence-corrected chi connectivity index (χ0v) is 21.6. The van der Waals surface area contributed by atoms with Crippen LogP contribution in [0.4, 0.5) is 10.5 Å². The normalized spacial score (nSPS) is 11.0. The van der Waals surface area contributed by atoms with Gasteiger partial charge in [-0.1, -0.05) is 135 Å². The number of amides is 2. The molecule has 0 aromatic heterocycles. The van der Waals surface area contributed by atoms with E-state index in [1.54, 1.807) is 0 Å². The molecular weight excluding hydrogens is 392 g/mol. The van der Waals surface area contributed by atoms with Gasteiger partial charge in [-0.2, -0.15) is 0 Å². The highest BCUT2D eigenvalue weighted by Gasteiger charge is 2.09. The number of anilines is 1. The highest BCUT2D eigenvalue weighted by Crippen LogP contribution is 2.22. The second kappa shape index (κ2) is 20.1. The van der Waals surface area contributed by atoms with Gasteiger partial charge in [0.1, 0.15) is 0 Å². The lowest BCUT2D eigenvalue weighted by Crippen LogP contribution is -2.30. The largest absolute Gasteiger partial charge is 0.338 e. The molecule has 0 aliphatic heterocycles. The number of benzene rings is 1. The van der Waals surface area contributed by atoms with Gasteiger partial charge >= 0.3 is 6.03 Å². The summed E-state index contributed by atoms with van der Waals surface area (Å²) in [4.78, 5) is 12.3. The number of carbonyl (C=O) groups excluding carboxylic acids is 1. The molecule has 0 aliphatic carbocycles. The van der Waals surface area contributed by atoms with Gasteiger partial charge in [0.05, 0.1) is 0 Å². The molecule has 32 heavy (non-hydrogen) atoms. The summed E-state index contributed by atoms with van der Waals surface area (Å²) in [6.07, 6.45) is 23.8. The van der Waals surface area contributed by atoms with Crippen LogP contribution in [-0.2, 0) is 12.8 Å². The molecule has 0 saturated carbocycles. The summed E-state index contributed by atoms with van der Waals surface area (Å²) in [7, 11) is 0. The Hall–Kier alpha value is -1.51. The summed E-state index contributed by atoms with van der Waals surface area (Å²) in [5.41, 5.74) is 3.42. The van der Waals surface area contributed by atoms with Crippen LogP contribution in [0.15, 0.2) is 18.2 Å². The number of hydrogen-bond acceptors (Lipinski definition) is 1. The minimum absolute atomic E-state index is 0.0680. The molecule has 0 radical (unpaired) electrons. The fraction of sp³-hybridized carbons (Fsp3) is 0.759. The number of para-hydroxylation sites is 1. The highest BCUT2D eigenvalue weighted by molar-refractivity contribution is 5.91. The van der Waals surface area contributed by atoms with E-state index in [1.165, 1.54) is 107 Å². The van der Waals surface area contributed by atoms with Crippen molar-refractivity contribution in [3.63, 3.8) is 0 Å². The molecule has 0 aliphatic rings. The Morgan fingerprint density at radius 2 is 1.03 bits per heavy atom. The molecule has 0 spiro atoms. The molecular formula is C29H52N2O. The van der Waals surface area contributed by atoms with Crippen molar-refractivity contribution in [3.05, 3.63) is 29.3 Å². The Labute approximate surface area is 199 Å². The van der Waals surface area contributed by atoms with Gasteiger partial charge in [-0.05, 0) is 30.4 Å². The van der Waals surface area contributed by atoms with Gasteiger partial charge in [0.15, 0.2) is 0 Å². The van der Waals surface area contributed by atoms with E-state index in [0.717, 1.165) is 31.5 Å². The van der Waals surface area contributed by atoms with Gasteiger partial charge in [0.2, 0.25) is 0 Å². The van der Waals surface area contributed by atoms with Crippen molar-refractivity contribution in [1.29, 1.82) is 0 Å². The van der Waals surface area contributed by atoms with Crippen LogP contribution in [0.2, 0.25) is 0 Å². The van der Waals surface area contributed by atoms with E-state index in [9.17, 15) is 4.79 Å². The Morgan fingerprint density at radius 1 is 0.625 bits per heavy atom. The van der Waals surface area contributed by atoms with Crippen molar-refractivity contribution in [3.8, 4) is 0 Å². The summed E-state index contributed by atoms with van der Waals surface area (Å²) in [5, 5.41) is 6.12. The maximum atomic E-state index is 12.3. The van der Waals surface area contributed by atoms with E-state index in [0.29, 0.717) is 0 Å². The van der Waals surface area contributed by atoms with Crippen molar-refractivity contribution >= 4 is 11.7 Å². The molecule has 2 amide bonds. The quantitative estimate of drug-likeness (QED) is 0.193. The number of nitrogens with one attached hydrogen (secondary N) is 2. The van der Waals surface area contributed by atoms with E-state index >= 15 is 0 Å². The monoisotopic (exact) mass is 444 g/mol. The average molecular weight is 445 g/mol. The third-order valence-corrected chi connectivity index (χ3v) is 6.55. The summed E-state index contributed by atoms with van der Waals surface area (Å²) < 4.78 is 0. The molecule has 3 nitrogen and oxygen atoms in total. The first-order valence-corrected chi connectivity index (χ1v) is 13.9. The van der Waals surface area contributed by atoms with Crippen molar-refractivity contribution in [1.82, 2.24) is 5.32 Å².